The Hall–Kier alpha value is -0.0400. The van der Waals surface area contributed by atoms with Crippen LogP contribution in [0.4, 0.5) is 0 Å². The maximum atomic E-state index is 10.9. The molecule has 0 spiro atoms. The van der Waals surface area contributed by atoms with Gasteiger partial charge in [0, 0.05) is 0 Å². The van der Waals surface area contributed by atoms with Gasteiger partial charge in [0.15, 0.2) is 0 Å². The first-order chi connectivity index (χ1) is 4.75. The van der Waals surface area contributed by atoms with Crippen molar-refractivity contribution in [2.24, 2.45) is 0 Å². The molecule has 0 saturated heterocycles. The fourth-order valence-electron chi connectivity index (χ4n) is 0.509. The van der Waals surface area contributed by atoms with E-state index >= 15 is 0 Å². The summed E-state index contributed by atoms with van der Waals surface area (Å²) in [4.78, 5) is 17.3. The molecule has 0 unspecified atom stereocenters. The molecular formula is C5H5IN2OS. The van der Waals surface area contributed by atoms with Crippen molar-refractivity contribution in [3.05, 3.63) is 20.3 Å². The Morgan fingerprint density at radius 3 is 3.00 bits per heavy atom. The number of aromatic nitrogens is 2. The predicted octanol–water partition coefficient (Wildman–Crippen LogP) is 1.10. The van der Waals surface area contributed by atoms with Crippen LogP contribution >= 0.6 is 34.4 Å². The normalized spacial score (nSPS) is 9.80. The van der Waals surface area contributed by atoms with E-state index in [2.05, 4.69) is 9.97 Å². The Balaban J connectivity index is 3.28. The number of hydrogen-bond acceptors (Lipinski definition) is 3. The molecule has 0 amide bonds. The molecule has 5 heteroatoms. The molecule has 0 aliphatic rings. The van der Waals surface area contributed by atoms with Crippen LogP contribution in [-0.4, -0.2) is 16.2 Å². The van der Waals surface area contributed by atoms with E-state index in [1.165, 1.54) is 18.1 Å². The van der Waals surface area contributed by atoms with Gasteiger partial charge in [-0.3, -0.25) is 4.79 Å². The van der Waals surface area contributed by atoms with Crippen LogP contribution in [-0.2, 0) is 0 Å². The van der Waals surface area contributed by atoms with Gasteiger partial charge < -0.3 is 4.98 Å². The van der Waals surface area contributed by atoms with Gasteiger partial charge in [0.05, 0.1) is 6.33 Å². The Morgan fingerprint density at radius 1 is 1.80 bits per heavy atom. The molecule has 0 saturated carbocycles. The summed E-state index contributed by atoms with van der Waals surface area (Å²) < 4.78 is 0.660. The Labute approximate surface area is 75.8 Å². The van der Waals surface area contributed by atoms with Crippen molar-refractivity contribution in [1.29, 1.82) is 0 Å². The second-order valence-electron chi connectivity index (χ2n) is 1.55. The molecule has 0 bridgehead atoms. The van der Waals surface area contributed by atoms with Crippen LogP contribution in [0.25, 0.3) is 0 Å². The number of hydrogen-bond donors (Lipinski definition) is 1. The quantitative estimate of drug-likeness (QED) is 0.471. The van der Waals surface area contributed by atoms with Crippen molar-refractivity contribution in [3.8, 4) is 0 Å². The monoisotopic (exact) mass is 268 g/mol. The lowest BCUT2D eigenvalue weighted by Gasteiger charge is -1.94. The zero-order valence-electron chi connectivity index (χ0n) is 5.22. The second-order valence-corrected chi connectivity index (χ2v) is 3.43. The van der Waals surface area contributed by atoms with Crippen LogP contribution in [0.15, 0.2) is 16.1 Å². The molecule has 10 heavy (non-hydrogen) atoms. The molecule has 3 nitrogen and oxygen atoms in total. The Morgan fingerprint density at radius 2 is 2.50 bits per heavy atom. The van der Waals surface area contributed by atoms with Crippen LogP contribution in [0, 0.1) is 3.57 Å². The first-order valence-electron chi connectivity index (χ1n) is 2.53. The molecule has 0 aliphatic carbocycles. The SMILES string of the molecule is CSc1nc[nH]c(=O)c1I. The van der Waals surface area contributed by atoms with E-state index in [0.717, 1.165) is 5.03 Å². The highest BCUT2D eigenvalue weighted by molar-refractivity contribution is 14.1. The van der Waals surface area contributed by atoms with Gasteiger partial charge in [-0.15, -0.1) is 11.8 Å². The number of halogens is 1. The first kappa shape index (κ1) is 8.06. The van der Waals surface area contributed by atoms with Crippen molar-refractivity contribution in [2.75, 3.05) is 6.26 Å². The Kier molecular flexibility index (Phi) is 2.72. The zero-order valence-corrected chi connectivity index (χ0v) is 8.19. The smallest absolute Gasteiger partial charge is 0.265 e. The summed E-state index contributed by atoms with van der Waals surface area (Å²) >= 11 is 3.45. The third-order valence-electron chi connectivity index (χ3n) is 0.958. The van der Waals surface area contributed by atoms with Crippen LogP contribution < -0.4 is 5.56 Å². The number of thioether (sulfide) groups is 1. The lowest BCUT2D eigenvalue weighted by atomic mass is 10.7. The van der Waals surface area contributed by atoms with Gasteiger partial charge in [-0.2, -0.15) is 0 Å². The molecule has 1 N–H and O–H groups in total. The molecule has 1 heterocycles. The minimum Gasteiger partial charge on any atom is -0.312 e. The topological polar surface area (TPSA) is 45.8 Å². The fourth-order valence-corrected chi connectivity index (χ4v) is 1.89. The van der Waals surface area contributed by atoms with Gasteiger partial charge >= 0.3 is 0 Å². The van der Waals surface area contributed by atoms with Crippen LogP contribution in [0.2, 0.25) is 0 Å². The van der Waals surface area contributed by atoms with E-state index < -0.39 is 0 Å². The van der Waals surface area contributed by atoms with Crippen molar-refractivity contribution in [3.63, 3.8) is 0 Å². The minimum atomic E-state index is -0.0695. The van der Waals surface area contributed by atoms with Crippen molar-refractivity contribution in [2.45, 2.75) is 5.03 Å². The average molecular weight is 268 g/mol. The molecule has 54 valence electrons. The molecule has 0 radical (unpaired) electrons. The molecule has 1 aromatic heterocycles. The van der Waals surface area contributed by atoms with Gasteiger partial charge in [0.2, 0.25) is 0 Å². The highest BCUT2D eigenvalue weighted by Gasteiger charge is 2.01. The third kappa shape index (κ3) is 1.51. The van der Waals surface area contributed by atoms with Gasteiger partial charge in [0.1, 0.15) is 8.60 Å². The van der Waals surface area contributed by atoms with Crippen molar-refractivity contribution < 1.29 is 0 Å². The molecule has 0 aliphatic heterocycles. The lowest BCUT2D eigenvalue weighted by molar-refractivity contribution is 0.990. The van der Waals surface area contributed by atoms with E-state index in [4.69, 9.17) is 0 Å². The highest BCUT2D eigenvalue weighted by Crippen LogP contribution is 2.13. The van der Waals surface area contributed by atoms with Crippen molar-refractivity contribution in [1.82, 2.24) is 9.97 Å². The lowest BCUT2D eigenvalue weighted by Crippen LogP contribution is -2.10. The maximum absolute atomic E-state index is 10.9. The summed E-state index contributed by atoms with van der Waals surface area (Å²) in [6.45, 7) is 0. The van der Waals surface area contributed by atoms with Crippen LogP contribution in [0.1, 0.15) is 0 Å². The minimum absolute atomic E-state index is 0.0695. The largest absolute Gasteiger partial charge is 0.312 e. The van der Waals surface area contributed by atoms with E-state index in [9.17, 15) is 4.79 Å². The molecule has 0 fully saturated rings. The number of nitrogens with zero attached hydrogens (tertiary/aromatic N) is 1. The van der Waals surface area contributed by atoms with Gasteiger partial charge in [0.25, 0.3) is 5.56 Å². The van der Waals surface area contributed by atoms with Crippen LogP contribution in [0.3, 0.4) is 0 Å². The number of aromatic amines is 1. The van der Waals surface area contributed by atoms with E-state index in [1.807, 2.05) is 28.8 Å². The number of nitrogens with one attached hydrogen (secondary N) is 1. The summed E-state index contributed by atoms with van der Waals surface area (Å²) in [6, 6.07) is 0. The molecule has 0 atom stereocenters. The zero-order chi connectivity index (χ0) is 7.56. The summed E-state index contributed by atoms with van der Waals surface area (Å²) in [7, 11) is 0. The van der Waals surface area contributed by atoms with Gasteiger partial charge in [-0.05, 0) is 28.8 Å². The molecule has 1 aromatic rings. The predicted molar refractivity (Wildman–Crippen MR) is 49.4 cm³/mol. The van der Waals surface area contributed by atoms with E-state index in [0.29, 0.717) is 3.57 Å². The number of rotatable bonds is 1. The van der Waals surface area contributed by atoms with E-state index in [1.54, 1.807) is 0 Å². The highest BCUT2D eigenvalue weighted by atomic mass is 127. The summed E-state index contributed by atoms with van der Waals surface area (Å²) in [5.74, 6) is 0. The number of H-pyrrole nitrogens is 1. The first-order valence-corrected chi connectivity index (χ1v) is 4.83. The molecule has 0 aromatic carbocycles. The molecule has 1 rings (SSSR count). The van der Waals surface area contributed by atoms with Gasteiger partial charge in [-0.1, -0.05) is 0 Å². The summed E-state index contributed by atoms with van der Waals surface area (Å²) in [6.07, 6.45) is 3.31. The molecular weight excluding hydrogens is 263 g/mol. The fraction of sp³-hybridized carbons (Fsp3) is 0.200. The second kappa shape index (κ2) is 3.38. The van der Waals surface area contributed by atoms with E-state index in [-0.39, 0.29) is 5.56 Å². The summed E-state index contributed by atoms with van der Waals surface area (Å²) in [5, 5.41) is 0.782. The average Bonchev–Trinajstić information content (AvgIpc) is 1.95. The third-order valence-corrected chi connectivity index (χ3v) is 3.02. The standard InChI is InChI=1S/C5H5IN2OS/c1-10-5-3(6)4(9)7-2-8-5/h2H,1H3,(H,7,8,9). The van der Waals surface area contributed by atoms with Gasteiger partial charge in [-0.25, -0.2) is 4.98 Å². The summed E-state index contributed by atoms with van der Waals surface area (Å²) in [5.41, 5.74) is -0.0695. The van der Waals surface area contributed by atoms with Crippen LogP contribution in [0.5, 0.6) is 0 Å². The maximum Gasteiger partial charge on any atom is 0.265 e. The van der Waals surface area contributed by atoms with Crippen molar-refractivity contribution >= 4 is 34.4 Å². The Bertz CT molecular complexity index is 285.